The van der Waals surface area contributed by atoms with Crippen LogP contribution in [0.5, 0.6) is 0 Å². The van der Waals surface area contributed by atoms with E-state index in [9.17, 15) is 0 Å². The number of hydrogen-bond donors (Lipinski definition) is 1. The maximum Gasteiger partial charge on any atom is 0.00664 e. The molecule has 2 atom stereocenters. The zero-order valence-electron chi connectivity index (χ0n) is 8.01. The first-order valence-corrected chi connectivity index (χ1v) is 5.27. The lowest BCUT2D eigenvalue weighted by molar-refractivity contribution is 0.523. The van der Waals surface area contributed by atoms with Crippen LogP contribution in [0.2, 0.25) is 0 Å². The van der Waals surface area contributed by atoms with Crippen LogP contribution in [0.25, 0.3) is 0 Å². The van der Waals surface area contributed by atoms with Crippen LogP contribution in [0, 0.1) is 0 Å². The van der Waals surface area contributed by atoms with Gasteiger partial charge in [0.2, 0.25) is 0 Å². The zero-order chi connectivity index (χ0) is 8.84. The predicted molar refractivity (Wildman–Crippen MR) is 53.9 cm³/mol. The first-order valence-electron chi connectivity index (χ1n) is 5.27. The fourth-order valence-corrected chi connectivity index (χ4v) is 2.97. The van der Waals surface area contributed by atoms with Crippen molar-refractivity contribution in [1.29, 1.82) is 0 Å². The molecule has 0 aliphatic heterocycles. The van der Waals surface area contributed by atoms with E-state index in [-0.39, 0.29) is 0 Å². The lowest BCUT2D eigenvalue weighted by atomic mass is 9.69. The highest BCUT2D eigenvalue weighted by atomic mass is 14.7. The second-order valence-corrected chi connectivity index (χ2v) is 4.20. The number of fused-ring (bicyclic) bond motifs is 1. The average molecular weight is 173 g/mol. The molecule has 4 rings (SSSR count). The molecule has 0 radical (unpaired) electrons. The van der Waals surface area contributed by atoms with Crippen molar-refractivity contribution in [3.05, 3.63) is 35.2 Å². The summed E-state index contributed by atoms with van der Waals surface area (Å²) in [6.45, 7) is 2.28. The Bertz CT molecular complexity index is 359. The highest BCUT2D eigenvalue weighted by molar-refractivity contribution is 5.46. The van der Waals surface area contributed by atoms with Crippen LogP contribution >= 0.6 is 0 Å². The fraction of sp³-hybridized carbons (Fsp3) is 0.500. The van der Waals surface area contributed by atoms with E-state index in [2.05, 4.69) is 30.4 Å². The molecule has 3 aliphatic carbocycles. The number of aromatic amines is 1. The molecule has 0 aromatic carbocycles. The molecule has 0 saturated heterocycles. The Hall–Kier alpha value is -0.980. The standard InChI is InChI=1S/C12H15N/c1-2-8-5-9-3-4-10(8)12-7-13-6-11(9)12/h5-7,9-10,13H,2-4H2,1H3. The molecule has 0 spiro atoms. The van der Waals surface area contributed by atoms with Gasteiger partial charge in [0.05, 0.1) is 0 Å². The van der Waals surface area contributed by atoms with Gasteiger partial charge in [0.15, 0.2) is 0 Å². The highest BCUT2D eigenvalue weighted by Crippen LogP contribution is 2.49. The second kappa shape index (κ2) is 2.50. The number of aromatic nitrogens is 1. The third-order valence-corrected chi connectivity index (χ3v) is 3.62. The van der Waals surface area contributed by atoms with Crippen LogP contribution in [0.3, 0.4) is 0 Å². The van der Waals surface area contributed by atoms with E-state index in [1.165, 1.54) is 19.3 Å². The highest BCUT2D eigenvalue weighted by Gasteiger charge is 2.33. The van der Waals surface area contributed by atoms with Gasteiger partial charge in [-0.3, -0.25) is 0 Å². The quantitative estimate of drug-likeness (QED) is 0.627. The first-order chi connectivity index (χ1) is 6.40. The van der Waals surface area contributed by atoms with Crippen LogP contribution in [0.1, 0.15) is 49.1 Å². The monoisotopic (exact) mass is 173 g/mol. The lowest BCUT2D eigenvalue weighted by Crippen LogP contribution is -2.19. The average Bonchev–Trinajstić information content (AvgIpc) is 2.68. The Balaban J connectivity index is 2.14. The SMILES string of the molecule is CCC1=CC2CCC1c1c[nH]cc12. The van der Waals surface area contributed by atoms with Gasteiger partial charge in [-0.1, -0.05) is 18.6 Å². The molecule has 3 aliphatic rings. The van der Waals surface area contributed by atoms with Crippen LogP contribution in [0.4, 0.5) is 0 Å². The Kier molecular flexibility index (Phi) is 1.43. The summed E-state index contributed by atoms with van der Waals surface area (Å²) in [6.07, 6.45) is 10.9. The molecule has 1 N–H and O–H groups in total. The van der Waals surface area contributed by atoms with Crippen molar-refractivity contribution >= 4 is 0 Å². The molecule has 68 valence electrons. The maximum absolute atomic E-state index is 3.25. The molecule has 1 heteroatoms. The van der Waals surface area contributed by atoms with Gasteiger partial charge < -0.3 is 4.98 Å². The third-order valence-electron chi connectivity index (χ3n) is 3.62. The summed E-state index contributed by atoms with van der Waals surface area (Å²) < 4.78 is 0. The molecule has 1 heterocycles. The van der Waals surface area contributed by atoms with Gasteiger partial charge in [-0.15, -0.1) is 0 Å². The number of nitrogens with one attached hydrogen (secondary N) is 1. The van der Waals surface area contributed by atoms with Crippen molar-refractivity contribution in [2.24, 2.45) is 0 Å². The second-order valence-electron chi connectivity index (χ2n) is 4.20. The van der Waals surface area contributed by atoms with Gasteiger partial charge in [-0.25, -0.2) is 0 Å². The maximum atomic E-state index is 3.25. The Morgan fingerprint density at radius 2 is 2.15 bits per heavy atom. The van der Waals surface area contributed by atoms with E-state index in [0.717, 1.165) is 11.8 Å². The van der Waals surface area contributed by atoms with E-state index < -0.39 is 0 Å². The minimum Gasteiger partial charge on any atom is -0.367 e. The van der Waals surface area contributed by atoms with Gasteiger partial charge >= 0.3 is 0 Å². The van der Waals surface area contributed by atoms with Crippen LogP contribution in [0.15, 0.2) is 24.0 Å². The summed E-state index contributed by atoms with van der Waals surface area (Å²) in [6, 6.07) is 0. The first kappa shape index (κ1) is 7.43. The molecular weight excluding hydrogens is 158 g/mol. The van der Waals surface area contributed by atoms with E-state index in [4.69, 9.17) is 0 Å². The fourth-order valence-electron chi connectivity index (χ4n) is 2.97. The molecule has 2 unspecified atom stereocenters. The van der Waals surface area contributed by atoms with Crippen molar-refractivity contribution in [2.45, 2.75) is 38.0 Å². The van der Waals surface area contributed by atoms with E-state index in [0.29, 0.717) is 0 Å². The Morgan fingerprint density at radius 3 is 3.00 bits per heavy atom. The number of hydrogen-bond acceptors (Lipinski definition) is 0. The van der Waals surface area contributed by atoms with Crippen LogP contribution in [-0.2, 0) is 0 Å². The van der Waals surface area contributed by atoms with E-state index in [1.807, 2.05) is 0 Å². The molecule has 0 amide bonds. The van der Waals surface area contributed by atoms with E-state index >= 15 is 0 Å². The topological polar surface area (TPSA) is 15.8 Å². The Morgan fingerprint density at radius 1 is 1.31 bits per heavy atom. The van der Waals surface area contributed by atoms with Crippen molar-refractivity contribution < 1.29 is 0 Å². The summed E-state index contributed by atoms with van der Waals surface area (Å²) in [5, 5.41) is 0. The van der Waals surface area contributed by atoms with E-state index in [1.54, 1.807) is 16.7 Å². The summed E-state index contributed by atoms with van der Waals surface area (Å²) in [7, 11) is 0. The van der Waals surface area contributed by atoms with Crippen LogP contribution in [-0.4, -0.2) is 4.98 Å². The largest absolute Gasteiger partial charge is 0.367 e. The minimum absolute atomic E-state index is 0.723. The van der Waals surface area contributed by atoms with Crippen molar-refractivity contribution in [1.82, 2.24) is 4.98 Å². The number of allylic oxidation sites excluding steroid dienone is 2. The minimum atomic E-state index is 0.723. The lowest BCUT2D eigenvalue weighted by Gasteiger charge is -2.35. The molecule has 13 heavy (non-hydrogen) atoms. The zero-order valence-corrected chi connectivity index (χ0v) is 8.01. The molecular formula is C12H15N. The molecule has 1 nitrogen and oxygen atoms in total. The van der Waals surface area contributed by atoms with Crippen LogP contribution < -0.4 is 0 Å². The Labute approximate surface area is 78.9 Å². The summed E-state index contributed by atoms with van der Waals surface area (Å²) in [5.41, 5.74) is 4.81. The smallest absolute Gasteiger partial charge is 0.00664 e. The molecule has 1 aromatic heterocycles. The van der Waals surface area contributed by atoms with Gasteiger partial charge in [-0.05, 0) is 30.4 Å². The third kappa shape index (κ3) is 0.874. The molecule has 1 aromatic rings. The van der Waals surface area contributed by atoms with Crippen molar-refractivity contribution in [2.75, 3.05) is 0 Å². The summed E-state index contributed by atoms with van der Waals surface area (Å²) in [4.78, 5) is 3.25. The number of H-pyrrole nitrogens is 1. The van der Waals surface area contributed by atoms with Gasteiger partial charge in [-0.2, -0.15) is 0 Å². The molecule has 0 saturated carbocycles. The van der Waals surface area contributed by atoms with Crippen molar-refractivity contribution in [3.8, 4) is 0 Å². The molecule has 0 fully saturated rings. The van der Waals surface area contributed by atoms with Gasteiger partial charge in [0, 0.05) is 24.2 Å². The molecule has 2 bridgehead atoms. The van der Waals surface area contributed by atoms with Crippen molar-refractivity contribution in [3.63, 3.8) is 0 Å². The number of rotatable bonds is 1. The van der Waals surface area contributed by atoms with Gasteiger partial charge in [0.25, 0.3) is 0 Å². The predicted octanol–water partition coefficient (Wildman–Crippen LogP) is 3.33. The summed E-state index contributed by atoms with van der Waals surface area (Å²) >= 11 is 0. The summed E-state index contributed by atoms with van der Waals surface area (Å²) in [5.74, 6) is 1.47. The normalized spacial score (nSPS) is 30.1. The van der Waals surface area contributed by atoms with Gasteiger partial charge in [0.1, 0.15) is 0 Å².